The fourth-order valence-corrected chi connectivity index (χ4v) is 4.21. The number of rotatable bonds is 10. The molecule has 2 saturated carbocycles. The largest absolute Gasteiger partial charge is 0.478 e. The van der Waals surface area contributed by atoms with Gasteiger partial charge in [0.1, 0.15) is 18.0 Å². The van der Waals surface area contributed by atoms with Crippen LogP contribution in [0.2, 0.25) is 0 Å². The molecule has 2 fully saturated rings. The number of aromatic nitrogens is 5. The van der Waals surface area contributed by atoms with E-state index in [4.69, 9.17) is 15.6 Å². The van der Waals surface area contributed by atoms with Crippen molar-refractivity contribution in [3.63, 3.8) is 0 Å². The van der Waals surface area contributed by atoms with E-state index in [1.54, 1.807) is 16.8 Å². The number of nitrogens with zero attached hydrogens (tertiary/aromatic N) is 5. The zero-order valence-electron chi connectivity index (χ0n) is 20.0. The van der Waals surface area contributed by atoms with Gasteiger partial charge in [-0.05, 0) is 44.9 Å². The molecule has 2 aliphatic rings. The summed E-state index contributed by atoms with van der Waals surface area (Å²) in [6.45, 7) is 2.66. The van der Waals surface area contributed by atoms with Gasteiger partial charge in [-0.25, -0.2) is 19.5 Å². The molecule has 0 atom stereocenters. The van der Waals surface area contributed by atoms with E-state index in [-0.39, 0.29) is 11.9 Å². The van der Waals surface area contributed by atoms with Crippen molar-refractivity contribution in [3.05, 3.63) is 30.4 Å². The van der Waals surface area contributed by atoms with Crippen LogP contribution in [0.15, 0.2) is 24.7 Å². The van der Waals surface area contributed by atoms with Crippen LogP contribution in [-0.4, -0.2) is 55.2 Å². The highest BCUT2D eigenvalue weighted by molar-refractivity contribution is 6.03. The standard InChI is InChI=1S/C24H33N9O2/c1-2-3-10-35-22-12-20(27-14-28-22)31-24(34)19-13-26-23-18(29-16-8-9-16)11-21(32-33(19)23)30-17-6-4-15(25)5-7-17/h11-17,29H,2-10,25H2,1H3,(H,30,32)(H,27,28,31,34)/t15-,17-. The summed E-state index contributed by atoms with van der Waals surface area (Å²) in [5.41, 5.74) is 7.87. The number of unbranched alkanes of at least 4 members (excludes halogenated alkanes) is 1. The third-order valence-electron chi connectivity index (χ3n) is 6.39. The highest BCUT2D eigenvalue weighted by atomic mass is 16.5. The van der Waals surface area contributed by atoms with Gasteiger partial charge in [-0.2, -0.15) is 0 Å². The second kappa shape index (κ2) is 10.4. The van der Waals surface area contributed by atoms with Crippen molar-refractivity contribution in [2.75, 3.05) is 22.6 Å². The molecule has 0 saturated heterocycles. The molecule has 0 aliphatic heterocycles. The Labute approximate surface area is 204 Å². The van der Waals surface area contributed by atoms with Crippen molar-refractivity contribution in [2.45, 2.75) is 76.4 Å². The van der Waals surface area contributed by atoms with Crippen LogP contribution >= 0.6 is 0 Å². The van der Waals surface area contributed by atoms with Crippen molar-refractivity contribution in [2.24, 2.45) is 5.73 Å². The van der Waals surface area contributed by atoms with Gasteiger partial charge in [0.2, 0.25) is 5.88 Å². The summed E-state index contributed by atoms with van der Waals surface area (Å²) in [7, 11) is 0. The predicted molar refractivity (Wildman–Crippen MR) is 134 cm³/mol. The number of nitrogens with one attached hydrogen (secondary N) is 3. The number of ether oxygens (including phenoxy) is 1. The monoisotopic (exact) mass is 479 g/mol. The molecule has 0 bridgehead atoms. The maximum atomic E-state index is 13.2. The Balaban J connectivity index is 1.37. The molecule has 2 aliphatic carbocycles. The minimum atomic E-state index is -0.360. The summed E-state index contributed by atoms with van der Waals surface area (Å²) >= 11 is 0. The molecule has 0 spiro atoms. The van der Waals surface area contributed by atoms with Gasteiger partial charge in [-0.1, -0.05) is 13.3 Å². The van der Waals surface area contributed by atoms with Gasteiger partial charge in [0.15, 0.2) is 11.3 Å². The molecule has 3 heterocycles. The van der Waals surface area contributed by atoms with Crippen molar-refractivity contribution >= 4 is 28.9 Å². The van der Waals surface area contributed by atoms with Crippen LogP contribution in [0.5, 0.6) is 5.88 Å². The highest BCUT2D eigenvalue weighted by Crippen LogP contribution is 2.29. The molecule has 0 unspecified atom stereocenters. The van der Waals surface area contributed by atoms with Crippen molar-refractivity contribution in [1.29, 1.82) is 0 Å². The second-order valence-electron chi connectivity index (χ2n) is 9.39. The molecule has 35 heavy (non-hydrogen) atoms. The topological polar surface area (TPSA) is 144 Å². The zero-order chi connectivity index (χ0) is 24.2. The third kappa shape index (κ3) is 5.79. The van der Waals surface area contributed by atoms with Gasteiger partial charge in [-0.15, -0.1) is 5.10 Å². The second-order valence-corrected chi connectivity index (χ2v) is 9.39. The zero-order valence-corrected chi connectivity index (χ0v) is 20.0. The summed E-state index contributed by atoms with van der Waals surface area (Å²) < 4.78 is 7.22. The van der Waals surface area contributed by atoms with Gasteiger partial charge >= 0.3 is 0 Å². The lowest BCUT2D eigenvalue weighted by Crippen LogP contribution is -2.33. The molecular formula is C24H33N9O2. The maximum absolute atomic E-state index is 13.2. The van der Waals surface area contributed by atoms with E-state index in [1.165, 1.54) is 6.33 Å². The molecule has 11 nitrogen and oxygen atoms in total. The van der Waals surface area contributed by atoms with Crippen LogP contribution in [0.3, 0.4) is 0 Å². The molecule has 0 aromatic carbocycles. The van der Waals surface area contributed by atoms with E-state index < -0.39 is 0 Å². The molecule has 1 amide bonds. The lowest BCUT2D eigenvalue weighted by molar-refractivity contribution is 0.102. The first-order valence-corrected chi connectivity index (χ1v) is 12.5. The molecule has 5 N–H and O–H groups in total. The minimum absolute atomic E-state index is 0.277. The van der Waals surface area contributed by atoms with Gasteiger partial charge in [0, 0.05) is 30.3 Å². The third-order valence-corrected chi connectivity index (χ3v) is 6.39. The predicted octanol–water partition coefficient (Wildman–Crippen LogP) is 3.21. The van der Waals surface area contributed by atoms with E-state index in [1.807, 2.05) is 6.07 Å². The van der Waals surface area contributed by atoms with Gasteiger partial charge in [-0.3, -0.25) is 4.79 Å². The minimum Gasteiger partial charge on any atom is -0.478 e. The average molecular weight is 480 g/mol. The Bertz CT molecular complexity index is 1170. The van der Waals surface area contributed by atoms with Crippen LogP contribution < -0.4 is 26.4 Å². The summed E-state index contributed by atoms with van der Waals surface area (Å²) in [4.78, 5) is 25.9. The molecule has 3 aromatic rings. The molecule has 186 valence electrons. The Morgan fingerprint density at radius 2 is 1.83 bits per heavy atom. The summed E-state index contributed by atoms with van der Waals surface area (Å²) in [6.07, 6.45) is 11.1. The van der Waals surface area contributed by atoms with Crippen molar-refractivity contribution < 1.29 is 9.53 Å². The number of carbonyl (C=O) groups is 1. The lowest BCUT2D eigenvalue weighted by Gasteiger charge is -2.27. The Kier molecular flexibility index (Phi) is 6.94. The van der Waals surface area contributed by atoms with Crippen LogP contribution in [-0.2, 0) is 0 Å². The van der Waals surface area contributed by atoms with E-state index in [0.29, 0.717) is 47.5 Å². The maximum Gasteiger partial charge on any atom is 0.277 e. The summed E-state index contributed by atoms with van der Waals surface area (Å²) in [5.74, 6) is 1.13. The Morgan fingerprint density at radius 3 is 2.60 bits per heavy atom. The van der Waals surface area contributed by atoms with E-state index in [2.05, 4.69) is 37.8 Å². The number of imidazole rings is 1. The first-order valence-electron chi connectivity index (χ1n) is 12.5. The number of fused-ring (bicyclic) bond motifs is 1. The molecule has 5 rings (SSSR count). The normalized spacial score (nSPS) is 19.9. The summed E-state index contributed by atoms with van der Waals surface area (Å²) in [5, 5.41) is 14.6. The average Bonchev–Trinajstić information content (AvgIpc) is 3.56. The van der Waals surface area contributed by atoms with Gasteiger partial charge in [0.25, 0.3) is 5.91 Å². The molecular weight excluding hydrogens is 446 g/mol. The SMILES string of the molecule is CCCCOc1cc(NC(=O)c2cnc3c(NC4CC4)cc(N[C@H]4CC[C@H](N)CC4)nn23)ncn1. The number of carbonyl (C=O) groups excluding carboxylic acids is 1. The smallest absolute Gasteiger partial charge is 0.277 e. The first-order chi connectivity index (χ1) is 17.1. The fraction of sp³-hybridized carbons (Fsp3) is 0.542. The summed E-state index contributed by atoms with van der Waals surface area (Å²) in [6, 6.07) is 4.62. The van der Waals surface area contributed by atoms with Gasteiger partial charge in [0.05, 0.1) is 18.5 Å². The molecule has 3 aromatic heterocycles. The first kappa shape index (κ1) is 23.3. The fourth-order valence-electron chi connectivity index (χ4n) is 4.21. The van der Waals surface area contributed by atoms with E-state index >= 15 is 0 Å². The van der Waals surface area contributed by atoms with Gasteiger partial charge < -0.3 is 26.4 Å². The van der Waals surface area contributed by atoms with E-state index in [0.717, 1.165) is 57.1 Å². The Hall–Kier alpha value is -3.47. The quantitative estimate of drug-likeness (QED) is 0.322. The number of anilines is 3. The van der Waals surface area contributed by atoms with Crippen LogP contribution in [0.1, 0.15) is 68.8 Å². The number of amides is 1. The number of nitrogens with two attached hydrogens (primary N) is 1. The number of hydrogen-bond acceptors (Lipinski definition) is 9. The van der Waals surface area contributed by atoms with Crippen LogP contribution in [0, 0.1) is 0 Å². The molecule has 11 heteroatoms. The van der Waals surface area contributed by atoms with Crippen molar-refractivity contribution in [3.8, 4) is 5.88 Å². The Morgan fingerprint density at radius 1 is 1.06 bits per heavy atom. The van der Waals surface area contributed by atoms with Crippen molar-refractivity contribution in [1.82, 2.24) is 24.6 Å². The lowest BCUT2D eigenvalue weighted by atomic mass is 9.92. The van der Waals surface area contributed by atoms with E-state index in [9.17, 15) is 4.79 Å². The highest BCUT2D eigenvalue weighted by Gasteiger charge is 2.25. The number of hydrogen-bond donors (Lipinski definition) is 4. The van der Waals surface area contributed by atoms with Crippen LogP contribution in [0.4, 0.5) is 17.3 Å². The molecule has 0 radical (unpaired) electrons. The van der Waals surface area contributed by atoms with Crippen LogP contribution in [0.25, 0.3) is 5.65 Å².